The quantitative estimate of drug-likeness (QED) is 0.829. The number of hydrogen-bond donors (Lipinski definition) is 2. The van der Waals surface area contributed by atoms with Gasteiger partial charge in [-0.2, -0.15) is 0 Å². The Kier molecular flexibility index (Phi) is 5.83. The summed E-state index contributed by atoms with van der Waals surface area (Å²) < 4.78 is 0. The van der Waals surface area contributed by atoms with Crippen molar-refractivity contribution < 1.29 is 14.4 Å². The van der Waals surface area contributed by atoms with Gasteiger partial charge in [-0.3, -0.25) is 14.4 Å². The average molecular weight is 382 g/mol. The number of aromatic nitrogens is 2. The van der Waals surface area contributed by atoms with Crippen LogP contribution in [0.3, 0.4) is 0 Å². The topological polar surface area (TPSA) is 108 Å². The molecular weight excluding hydrogens is 360 g/mol. The van der Waals surface area contributed by atoms with Crippen LogP contribution in [0.5, 0.6) is 0 Å². The van der Waals surface area contributed by atoms with Crippen molar-refractivity contribution in [2.45, 2.75) is 13.8 Å². The first-order valence-electron chi connectivity index (χ1n) is 8.94. The summed E-state index contributed by atoms with van der Waals surface area (Å²) in [6.07, 6.45) is 2.96. The van der Waals surface area contributed by atoms with Crippen molar-refractivity contribution in [1.82, 2.24) is 19.8 Å². The summed E-state index contributed by atoms with van der Waals surface area (Å²) in [4.78, 5) is 46.9. The highest BCUT2D eigenvalue weighted by molar-refractivity contribution is 5.94. The number of rotatable bonds is 4. The maximum atomic E-state index is 12.6. The average Bonchev–Trinajstić information content (AvgIpc) is 2.68. The SMILES string of the molecule is CC(=O)Nc1cccc(Nc2ncc(C(=O)N3CCN(C(C)=O)CC3)cn2)c1. The molecule has 3 amide bonds. The Hall–Kier alpha value is -3.49. The van der Waals surface area contributed by atoms with E-state index in [1.54, 1.807) is 28.0 Å². The molecule has 2 aromatic rings. The zero-order valence-corrected chi connectivity index (χ0v) is 15.8. The molecule has 2 N–H and O–H groups in total. The number of carbonyl (C=O) groups excluding carboxylic acids is 3. The maximum absolute atomic E-state index is 12.6. The molecular formula is C19H22N6O3. The number of carbonyl (C=O) groups is 3. The molecule has 1 saturated heterocycles. The van der Waals surface area contributed by atoms with Gasteiger partial charge in [-0.1, -0.05) is 6.07 Å². The van der Waals surface area contributed by atoms with Crippen molar-refractivity contribution in [2.75, 3.05) is 36.8 Å². The van der Waals surface area contributed by atoms with E-state index in [0.29, 0.717) is 49.1 Å². The Bertz CT molecular complexity index is 875. The Labute approximate surface area is 162 Å². The minimum Gasteiger partial charge on any atom is -0.339 e. The number of nitrogens with one attached hydrogen (secondary N) is 2. The lowest BCUT2D eigenvalue weighted by Gasteiger charge is -2.34. The van der Waals surface area contributed by atoms with E-state index in [9.17, 15) is 14.4 Å². The zero-order valence-electron chi connectivity index (χ0n) is 15.8. The molecule has 0 unspecified atom stereocenters. The second-order valence-electron chi connectivity index (χ2n) is 6.48. The third kappa shape index (κ3) is 4.81. The fourth-order valence-electron chi connectivity index (χ4n) is 2.92. The molecule has 0 atom stereocenters. The Balaban J connectivity index is 1.61. The van der Waals surface area contributed by atoms with Crippen LogP contribution in [0.2, 0.25) is 0 Å². The monoisotopic (exact) mass is 382 g/mol. The van der Waals surface area contributed by atoms with Crippen LogP contribution < -0.4 is 10.6 Å². The van der Waals surface area contributed by atoms with Gasteiger partial charge in [-0.25, -0.2) is 9.97 Å². The number of nitrogens with zero attached hydrogens (tertiary/aromatic N) is 4. The summed E-state index contributed by atoms with van der Waals surface area (Å²) in [6, 6.07) is 7.16. The number of amides is 3. The molecule has 1 aromatic carbocycles. The predicted molar refractivity (Wildman–Crippen MR) is 104 cm³/mol. The zero-order chi connectivity index (χ0) is 20.1. The maximum Gasteiger partial charge on any atom is 0.257 e. The molecule has 1 aromatic heterocycles. The molecule has 0 spiro atoms. The molecule has 2 heterocycles. The lowest BCUT2D eigenvalue weighted by molar-refractivity contribution is -0.130. The van der Waals surface area contributed by atoms with Gasteiger partial charge >= 0.3 is 0 Å². The van der Waals surface area contributed by atoms with E-state index in [1.807, 2.05) is 6.07 Å². The predicted octanol–water partition coefficient (Wildman–Crippen LogP) is 1.48. The van der Waals surface area contributed by atoms with Gasteiger partial charge in [-0.05, 0) is 18.2 Å². The Morgan fingerprint density at radius 2 is 1.54 bits per heavy atom. The lowest BCUT2D eigenvalue weighted by atomic mass is 10.2. The molecule has 146 valence electrons. The van der Waals surface area contributed by atoms with Crippen LogP contribution in [0.15, 0.2) is 36.7 Å². The molecule has 9 heteroatoms. The fraction of sp³-hybridized carbons (Fsp3) is 0.316. The first-order chi connectivity index (χ1) is 13.4. The first-order valence-corrected chi connectivity index (χ1v) is 8.94. The highest BCUT2D eigenvalue weighted by Crippen LogP contribution is 2.18. The van der Waals surface area contributed by atoms with Crippen molar-refractivity contribution in [1.29, 1.82) is 0 Å². The Morgan fingerprint density at radius 3 is 2.14 bits per heavy atom. The standard InChI is InChI=1S/C19H22N6O3/c1-13(26)22-16-4-3-5-17(10-16)23-19-20-11-15(12-21-19)18(28)25-8-6-24(7-9-25)14(2)27/h3-5,10-12H,6-9H2,1-2H3,(H,22,26)(H,20,21,23). The van der Waals surface area contributed by atoms with Crippen LogP contribution in [-0.2, 0) is 9.59 Å². The van der Waals surface area contributed by atoms with Crippen molar-refractivity contribution in [3.8, 4) is 0 Å². The van der Waals surface area contributed by atoms with Gasteiger partial charge in [0, 0.05) is 63.8 Å². The van der Waals surface area contributed by atoms with Crippen molar-refractivity contribution in [3.05, 3.63) is 42.2 Å². The number of hydrogen-bond acceptors (Lipinski definition) is 6. The van der Waals surface area contributed by atoms with Crippen LogP contribution in [0, 0.1) is 0 Å². The van der Waals surface area contributed by atoms with Gasteiger partial charge in [-0.15, -0.1) is 0 Å². The largest absolute Gasteiger partial charge is 0.339 e. The fourth-order valence-corrected chi connectivity index (χ4v) is 2.92. The third-order valence-electron chi connectivity index (χ3n) is 4.35. The van der Waals surface area contributed by atoms with E-state index >= 15 is 0 Å². The molecule has 9 nitrogen and oxygen atoms in total. The molecule has 0 saturated carbocycles. The molecule has 0 bridgehead atoms. The van der Waals surface area contributed by atoms with E-state index in [-0.39, 0.29) is 17.7 Å². The van der Waals surface area contributed by atoms with E-state index < -0.39 is 0 Å². The second kappa shape index (κ2) is 8.47. The van der Waals surface area contributed by atoms with Crippen LogP contribution in [0.4, 0.5) is 17.3 Å². The van der Waals surface area contributed by atoms with Gasteiger partial charge < -0.3 is 20.4 Å². The van der Waals surface area contributed by atoms with E-state index in [0.717, 1.165) is 0 Å². The summed E-state index contributed by atoms with van der Waals surface area (Å²) in [6.45, 7) is 5.03. The van der Waals surface area contributed by atoms with E-state index in [4.69, 9.17) is 0 Å². The number of piperazine rings is 1. The minimum absolute atomic E-state index is 0.0217. The van der Waals surface area contributed by atoms with Crippen LogP contribution in [-0.4, -0.2) is 63.7 Å². The normalized spacial score (nSPS) is 13.8. The molecule has 0 aliphatic carbocycles. The number of anilines is 3. The third-order valence-corrected chi connectivity index (χ3v) is 4.35. The number of benzene rings is 1. The molecule has 1 aliphatic heterocycles. The summed E-state index contributed by atoms with van der Waals surface area (Å²) in [7, 11) is 0. The van der Waals surface area contributed by atoms with Crippen LogP contribution >= 0.6 is 0 Å². The summed E-state index contributed by atoms with van der Waals surface area (Å²) in [5.41, 5.74) is 1.77. The van der Waals surface area contributed by atoms with Gasteiger partial charge in [0.05, 0.1) is 5.56 Å². The van der Waals surface area contributed by atoms with Gasteiger partial charge in [0.2, 0.25) is 17.8 Å². The lowest BCUT2D eigenvalue weighted by Crippen LogP contribution is -2.50. The van der Waals surface area contributed by atoms with Crippen molar-refractivity contribution >= 4 is 35.0 Å². The summed E-state index contributed by atoms with van der Waals surface area (Å²) >= 11 is 0. The smallest absolute Gasteiger partial charge is 0.257 e. The molecule has 3 rings (SSSR count). The van der Waals surface area contributed by atoms with Gasteiger partial charge in [0.15, 0.2) is 0 Å². The molecule has 1 fully saturated rings. The van der Waals surface area contributed by atoms with Gasteiger partial charge in [0.1, 0.15) is 0 Å². The van der Waals surface area contributed by atoms with E-state index in [2.05, 4.69) is 20.6 Å². The Morgan fingerprint density at radius 1 is 0.929 bits per heavy atom. The highest BCUT2D eigenvalue weighted by Gasteiger charge is 2.23. The minimum atomic E-state index is -0.152. The second-order valence-corrected chi connectivity index (χ2v) is 6.48. The first kappa shape index (κ1) is 19.3. The highest BCUT2D eigenvalue weighted by atomic mass is 16.2. The molecule has 0 radical (unpaired) electrons. The van der Waals surface area contributed by atoms with Crippen LogP contribution in [0.25, 0.3) is 0 Å². The van der Waals surface area contributed by atoms with Gasteiger partial charge in [0.25, 0.3) is 5.91 Å². The summed E-state index contributed by atoms with van der Waals surface area (Å²) in [5.74, 6) is 0.0640. The van der Waals surface area contributed by atoms with E-state index in [1.165, 1.54) is 26.2 Å². The van der Waals surface area contributed by atoms with Crippen molar-refractivity contribution in [3.63, 3.8) is 0 Å². The summed E-state index contributed by atoms with van der Waals surface area (Å²) in [5, 5.41) is 5.75. The molecule has 1 aliphatic rings. The van der Waals surface area contributed by atoms with Crippen molar-refractivity contribution in [2.24, 2.45) is 0 Å². The van der Waals surface area contributed by atoms with Crippen LogP contribution in [0.1, 0.15) is 24.2 Å². The molecule has 28 heavy (non-hydrogen) atoms.